The van der Waals surface area contributed by atoms with E-state index in [0.29, 0.717) is 19.5 Å². The lowest BCUT2D eigenvalue weighted by atomic mass is 10.2. The van der Waals surface area contributed by atoms with Gasteiger partial charge < -0.3 is 9.88 Å². The van der Waals surface area contributed by atoms with Crippen LogP contribution in [0.1, 0.15) is 17.8 Å². The van der Waals surface area contributed by atoms with Crippen LogP contribution in [-0.4, -0.2) is 25.2 Å². The molecule has 2 heterocycles. The smallest absolute Gasteiger partial charge is 0.222 e. The lowest BCUT2D eigenvalue weighted by molar-refractivity contribution is -0.121. The fraction of sp³-hybridized carbons (Fsp3) is 0.250. The van der Waals surface area contributed by atoms with E-state index in [1.54, 1.807) is 0 Å². The van der Waals surface area contributed by atoms with E-state index in [-0.39, 0.29) is 5.91 Å². The molecule has 1 N–H and O–H groups in total. The molecule has 26 heavy (non-hydrogen) atoms. The second kappa shape index (κ2) is 6.63. The van der Waals surface area contributed by atoms with E-state index in [1.165, 1.54) is 5.56 Å². The van der Waals surface area contributed by atoms with Gasteiger partial charge in [-0.05, 0) is 30.7 Å². The zero-order valence-electron chi connectivity index (χ0n) is 14.9. The number of aromatic nitrogens is 4. The quantitative estimate of drug-likeness (QED) is 0.604. The van der Waals surface area contributed by atoms with Gasteiger partial charge in [-0.25, -0.2) is 4.98 Å². The van der Waals surface area contributed by atoms with E-state index in [2.05, 4.69) is 40.5 Å². The molecule has 0 spiro atoms. The number of nitrogens with zero attached hydrogens (tertiary/aromatic N) is 4. The number of carbonyl (C=O) groups is 1. The summed E-state index contributed by atoms with van der Waals surface area (Å²) < 4.78 is 3.90. The van der Waals surface area contributed by atoms with Crippen molar-refractivity contribution in [3.05, 3.63) is 60.0 Å². The molecular formula is C20H21N5O. The van der Waals surface area contributed by atoms with E-state index in [4.69, 9.17) is 0 Å². The molecule has 6 heteroatoms. The molecule has 2 aromatic carbocycles. The number of benzene rings is 2. The van der Waals surface area contributed by atoms with Crippen LogP contribution in [0.4, 0.5) is 0 Å². The number of imidazole rings is 1. The predicted octanol–water partition coefficient (Wildman–Crippen LogP) is 2.94. The molecule has 0 aliphatic carbocycles. The van der Waals surface area contributed by atoms with Gasteiger partial charge in [0.1, 0.15) is 5.82 Å². The number of fused-ring (bicyclic) bond motifs is 2. The average Bonchev–Trinajstić information content (AvgIpc) is 3.19. The largest absolute Gasteiger partial charge is 0.349 e. The van der Waals surface area contributed by atoms with Gasteiger partial charge in [-0.3, -0.25) is 9.48 Å². The maximum absolute atomic E-state index is 12.3. The summed E-state index contributed by atoms with van der Waals surface area (Å²) in [5.74, 6) is 0.841. The first-order valence-corrected chi connectivity index (χ1v) is 8.71. The van der Waals surface area contributed by atoms with Gasteiger partial charge in [-0.15, -0.1) is 0 Å². The van der Waals surface area contributed by atoms with Gasteiger partial charge in [0.15, 0.2) is 0 Å². The predicted molar refractivity (Wildman–Crippen MR) is 102 cm³/mol. The lowest BCUT2D eigenvalue weighted by Gasteiger charge is -2.07. The van der Waals surface area contributed by atoms with Crippen LogP contribution in [-0.2, 0) is 24.9 Å². The highest BCUT2D eigenvalue weighted by molar-refractivity contribution is 5.80. The van der Waals surface area contributed by atoms with Crippen LogP contribution in [0.3, 0.4) is 0 Å². The SMILES string of the molecule is Cc1ccc2cnn(CCC(=O)NCc3nc4ccccc4n3C)c2c1. The Kier molecular flexibility index (Phi) is 4.16. The normalized spacial score (nSPS) is 11.3. The van der Waals surface area contributed by atoms with Crippen LogP contribution < -0.4 is 5.32 Å². The van der Waals surface area contributed by atoms with Crippen LogP contribution in [0.5, 0.6) is 0 Å². The molecule has 0 saturated carbocycles. The molecule has 0 bridgehead atoms. The molecule has 0 saturated heterocycles. The van der Waals surface area contributed by atoms with Crippen molar-refractivity contribution in [2.75, 3.05) is 0 Å². The van der Waals surface area contributed by atoms with Gasteiger partial charge in [0, 0.05) is 18.9 Å². The number of amides is 1. The first kappa shape index (κ1) is 16.3. The van der Waals surface area contributed by atoms with Crippen molar-refractivity contribution in [3.8, 4) is 0 Å². The second-order valence-corrected chi connectivity index (χ2v) is 6.53. The van der Waals surface area contributed by atoms with Gasteiger partial charge in [0.2, 0.25) is 5.91 Å². The van der Waals surface area contributed by atoms with Crippen LogP contribution in [0.2, 0.25) is 0 Å². The van der Waals surface area contributed by atoms with E-state index in [9.17, 15) is 4.79 Å². The van der Waals surface area contributed by atoms with Crippen LogP contribution >= 0.6 is 0 Å². The van der Waals surface area contributed by atoms with Gasteiger partial charge in [-0.1, -0.05) is 24.3 Å². The molecule has 0 atom stereocenters. The molecule has 0 aliphatic rings. The molecule has 2 aromatic heterocycles. The third-order valence-corrected chi connectivity index (χ3v) is 4.67. The number of hydrogen-bond acceptors (Lipinski definition) is 3. The Morgan fingerprint density at radius 2 is 2.00 bits per heavy atom. The maximum atomic E-state index is 12.3. The zero-order valence-corrected chi connectivity index (χ0v) is 14.9. The molecule has 132 valence electrons. The summed E-state index contributed by atoms with van der Waals surface area (Å²) in [5, 5.41) is 8.44. The van der Waals surface area contributed by atoms with E-state index < -0.39 is 0 Å². The summed E-state index contributed by atoms with van der Waals surface area (Å²) in [7, 11) is 1.97. The third kappa shape index (κ3) is 3.06. The Labute approximate surface area is 151 Å². The highest BCUT2D eigenvalue weighted by Crippen LogP contribution is 2.16. The molecule has 4 rings (SSSR count). The van der Waals surface area contributed by atoms with Crippen molar-refractivity contribution in [1.29, 1.82) is 0 Å². The van der Waals surface area contributed by atoms with Crippen molar-refractivity contribution in [3.63, 3.8) is 0 Å². The minimum atomic E-state index is -0.00615. The molecule has 0 unspecified atom stereocenters. The van der Waals surface area contributed by atoms with Gasteiger partial charge in [0.25, 0.3) is 0 Å². The molecule has 6 nitrogen and oxygen atoms in total. The second-order valence-electron chi connectivity index (χ2n) is 6.53. The minimum absolute atomic E-state index is 0.00615. The Bertz CT molecular complexity index is 1090. The number of carbonyl (C=O) groups excluding carboxylic acids is 1. The first-order valence-electron chi connectivity index (χ1n) is 8.71. The standard InChI is InChI=1S/C20H21N5O/c1-14-7-8-15-12-22-25(18(15)11-14)10-9-20(26)21-13-19-23-16-5-3-4-6-17(16)24(19)2/h3-8,11-12H,9-10,13H2,1-2H3,(H,21,26). The first-order chi connectivity index (χ1) is 12.6. The van der Waals surface area contributed by atoms with Crippen molar-refractivity contribution in [2.45, 2.75) is 26.4 Å². The summed E-state index contributed by atoms with van der Waals surface area (Å²) in [4.78, 5) is 16.8. The highest BCUT2D eigenvalue weighted by atomic mass is 16.1. The summed E-state index contributed by atoms with van der Waals surface area (Å²) in [6.07, 6.45) is 2.22. The molecule has 0 fully saturated rings. The molecule has 0 radical (unpaired) electrons. The maximum Gasteiger partial charge on any atom is 0.222 e. The average molecular weight is 347 g/mol. The number of rotatable bonds is 5. The summed E-state index contributed by atoms with van der Waals surface area (Å²) in [6, 6.07) is 14.2. The van der Waals surface area contributed by atoms with Crippen molar-refractivity contribution in [2.24, 2.45) is 7.05 Å². The molecule has 4 aromatic rings. The van der Waals surface area contributed by atoms with Crippen molar-refractivity contribution >= 4 is 27.8 Å². The van der Waals surface area contributed by atoms with Crippen LogP contribution in [0.25, 0.3) is 21.9 Å². The summed E-state index contributed by atoms with van der Waals surface area (Å²) >= 11 is 0. The monoisotopic (exact) mass is 347 g/mol. The Morgan fingerprint density at radius 3 is 2.85 bits per heavy atom. The Hall–Kier alpha value is -3.15. The lowest BCUT2D eigenvalue weighted by Crippen LogP contribution is -2.25. The van der Waals surface area contributed by atoms with Crippen LogP contribution in [0.15, 0.2) is 48.7 Å². The Balaban J connectivity index is 1.39. The Morgan fingerprint density at radius 1 is 1.15 bits per heavy atom. The minimum Gasteiger partial charge on any atom is -0.349 e. The van der Waals surface area contributed by atoms with Gasteiger partial charge in [0.05, 0.1) is 35.8 Å². The summed E-state index contributed by atoms with van der Waals surface area (Å²) in [5.41, 5.74) is 4.26. The number of aryl methyl sites for hydroxylation is 3. The highest BCUT2D eigenvalue weighted by Gasteiger charge is 2.10. The molecular weight excluding hydrogens is 326 g/mol. The molecule has 1 amide bonds. The topological polar surface area (TPSA) is 64.7 Å². The number of para-hydroxylation sites is 2. The number of hydrogen-bond donors (Lipinski definition) is 1. The fourth-order valence-electron chi connectivity index (χ4n) is 3.19. The number of nitrogens with one attached hydrogen (secondary N) is 1. The van der Waals surface area contributed by atoms with Gasteiger partial charge in [-0.2, -0.15) is 5.10 Å². The third-order valence-electron chi connectivity index (χ3n) is 4.67. The van der Waals surface area contributed by atoms with E-state index >= 15 is 0 Å². The molecule has 0 aliphatic heterocycles. The van der Waals surface area contributed by atoms with E-state index in [0.717, 1.165) is 27.8 Å². The van der Waals surface area contributed by atoms with Crippen LogP contribution in [0, 0.1) is 6.92 Å². The van der Waals surface area contributed by atoms with E-state index in [1.807, 2.05) is 46.8 Å². The zero-order chi connectivity index (χ0) is 18.1. The van der Waals surface area contributed by atoms with Gasteiger partial charge >= 0.3 is 0 Å². The van der Waals surface area contributed by atoms with Crippen molar-refractivity contribution < 1.29 is 4.79 Å². The summed E-state index contributed by atoms with van der Waals surface area (Å²) in [6.45, 7) is 3.03. The van der Waals surface area contributed by atoms with Crippen molar-refractivity contribution in [1.82, 2.24) is 24.6 Å². The fourth-order valence-corrected chi connectivity index (χ4v) is 3.19.